The van der Waals surface area contributed by atoms with Crippen LogP contribution in [0.1, 0.15) is 25.0 Å². The van der Waals surface area contributed by atoms with Gasteiger partial charge in [-0.3, -0.25) is 0 Å². The van der Waals surface area contributed by atoms with E-state index in [9.17, 15) is 8.42 Å². The standard InChI is InChI=1S/C17H20N2O3S/c1-13(2)22-16-8-10-17(11-9-16)23(20,21)19-18-12-15-7-5-4-6-14(15)3/h4-13,19H,1-3H3/b18-12+. The molecule has 6 heteroatoms. The molecule has 0 atom stereocenters. The topological polar surface area (TPSA) is 67.8 Å². The smallest absolute Gasteiger partial charge is 0.276 e. The van der Waals surface area contributed by atoms with Crippen molar-refractivity contribution in [1.29, 1.82) is 0 Å². The molecule has 0 amide bonds. The molecule has 0 saturated heterocycles. The van der Waals surface area contributed by atoms with E-state index in [1.165, 1.54) is 18.3 Å². The molecule has 23 heavy (non-hydrogen) atoms. The van der Waals surface area contributed by atoms with Crippen LogP contribution in [0.25, 0.3) is 0 Å². The molecule has 0 unspecified atom stereocenters. The number of hydrogen-bond acceptors (Lipinski definition) is 4. The number of rotatable bonds is 6. The highest BCUT2D eigenvalue weighted by Gasteiger charge is 2.12. The summed E-state index contributed by atoms with van der Waals surface area (Å²) in [6.45, 7) is 5.75. The van der Waals surface area contributed by atoms with Gasteiger partial charge in [-0.25, -0.2) is 4.83 Å². The van der Waals surface area contributed by atoms with Crippen molar-refractivity contribution in [1.82, 2.24) is 4.83 Å². The van der Waals surface area contributed by atoms with Gasteiger partial charge in [0.1, 0.15) is 5.75 Å². The van der Waals surface area contributed by atoms with E-state index in [-0.39, 0.29) is 11.0 Å². The van der Waals surface area contributed by atoms with Crippen molar-refractivity contribution in [2.75, 3.05) is 0 Å². The number of benzene rings is 2. The summed E-state index contributed by atoms with van der Waals surface area (Å²) in [4.78, 5) is 2.35. The molecule has 5 nitrogen and oxygen atoms in total. The second-order valence-corrected chi connectivity index (χ2v) is 7.01. The Morgan fingerprint density at radius 1 is 1.09 bits per heavy atom. The van der Waals surface area contributed by atoms with Crippen molar-refractivity contribution in [3.8, 4) is 5.75 Å². The third-order valence-corrected chi connectivity index (χ3v) is 4.31. The summed E-state index contributed by atoms with van der Waals surface area (Å²) in [7, 11) is -3.69. The van der Waals surface area contributed by atoms with Crippen LogP contribution in [0.4, 0.5) is 0 Å². The molecule has 1 N–H and O–H groups in total. The van der Waals surface area contributed by atoms with Crippen LogP contribution in [0.5, 0.6) is 5.75 Å². The lowest BCUT2D eigenvalue weighted by atomic mass is 10.1. The van der Waals surface area contributed by atoms with Gasteiger partial charge in [0.2, 0.25) is 0 Å². The Balaban J connectivity index is 2.08. The highest BCUT2D eigenvalue weighted by Crippen LogP contribution is 2.17. The lowest BCUT2D eigenvalue weighted by molar-refractivity contribution is 0.242. The molecule has 0 aliphatic rings. The third-order valence-electron chi connectivity index (χ3n) is 3.07. The lowest BCUT2D eigenvalue weighted by Gasteiger charge is -2.10. The van der Waals surface area contributed by atoms with E-state index in [1.54, 1.807) is 12.1 Å². The number of sulfonamides is 1. The summed E-state index contributed by atoms with van der Waals surface area (Å²) >= 11 is 0. The Bertz CT molecular complexity index is 782. The minimum Gasteiger partial charge on any atom is -0.491 e. The predicted octanol–water partition coefficient (Wildman–Crippen LogP) is 3.09. The van der Waals surface area contributed by atoms with Gasteiger partial charge in [0.15, 0.2) is 0 Å². The Hall–Kier alpha value is -2.34. The van der Waals surface area contributed by atoms with Gasteiger partial charge in [-0.2, -0.15) is 13.5 Å². The Morgan fingerprint density at radius 3 is 2.35 bits per heavy atom. The van der Waals surface area contributed by atoms with Crippen LogP contribution in [0.2, 0.25) is 0 Å². The molecule has 0 bridgehead atoms. The summed E-state index contributed by atoms with van der Waals surface area (Å²) in [5.74, 6) is 0.627. The molecule has 0 fully saturated rings. The van der Waals surface area contributed by atoms with Gasteiger partial charge in [0.05, 0.1) is 17.2 Å². The van der Waals surface area contributed by atoms with Crippen molar-refractivity contribution < 1.29 is 13.2 Å². The van der Waals surface area contributed by atoms with Gasteiger partial charge < -0.3 is 4.74 Å². The van der Waals surface area contributed by atoms with E-state index in [2.05, 4.69) is 9.93 Å². The Labute approximate surface area is 137 Å². The fraction of sp³-hybridized carbons (Fsp3) is 0.235. The van der Waals surface area contributed by atoms with Crippen molar-refractivity contribution >= 4 is 16.2 Å². The summed E-state index contributed by atoms with van der Waals surface area (Å²) in [6, 6.07) is 13.8. The van der Waals surface area contributed by atoms with Gasteiger partial charge in [0.25, 0.3) is 10.0 Å². The van der Waals surface area contributed by atoms with Crippen LogP contribution in [-0.2, 0) is 10.0 Å². The van der Waals surface area contributed by atoms with Crippen LogP contribution >= 0.6 is 0 Å². The zero-order chi connectivity index (χ0) is 16.9. The first kappa shape index (κ1) is 17.0. The number of nitrogens with zero attached hydrogens (tertiary/aromatic N) is 1. The van der Waals surface area contributed by atoms with E-state index in [4.69, 9.17) is 4.74 Å². The number of nitrogens with one attached hydrogen (secondary N) is 1. The molecule has 2 aromatic rings. The van der Waals surface area contributed by atoms with E-state index < -0.39 is 10.0 Å². The largest absolute Gasteiger partial charge is 0.491 e. The van der Waals surface area contributed by atoms with Crippen molar-refractivity contribution in [2.24, 2.45) is 5.10 Å². The minimum atomic E-state index is -3.69. The second kappa shape index (κ2) is 7.28. The van der Waals surface area contributed by atoms with Crippen LogP contribution in [0, 0.1) is 6.92 Å². The van der Waals surface area contributed by atoms with E-state index in [0.717, 1.165) is 11.1 Å². The fourth-order valence-corrected chi connectivity index (χ4v) is 2.71. The SMILES string of the molecule is Cc1ccccc1/C=N/NS(=O)(=O)c1ccc(OC(C)C)cc1. The Kier molecular flexibility index (Phi) is 5.39. The molecule has 0 saturated carbocycles. The van der Waals surface area contributed by atoms with Gasteiger partial charge in [-0.05, 0) is 56.2 Å². The molecular formula is C17H20N2O3S. The number of ether oxygens (including phenoxy) is 1. The molecule has 0 aliphatic carbocycles. The molecule has 0 aromatic heterocycles. The summed E-state index contributed by atoms with van der Waals surface area (Å²) in [5, 5.41) is 3.83. The number of hydrazone groups is 1. The number of hydrogen-bond donors (Lipinski definition) is 1. The quantitative estimate of drug-likeness (QED) is 0.653. The maximum Gasteiger partial charge on any atom is 0.276 e. The molecule has 122 valence electrons. The molecule has 0 aliphatic heterocycles. The van der Waals surface area contributed by atoms with Gasteiger partial charge >= 0.3 is 0 Å². The molecule has 0 spiro atoms. The third kappa shape index (κ3) is 4.82. The second-order valence-electron chi connectivity index (χ2n) is 5.35. The van der Waals surface area contributed by atoms with Crippen LogP contribution in [0.3, 0.4) is 0 Å². The van der Waals surface area contributed by atoms with Gasteiger partial charge in [0, 0.05) is 0 Å². The monoisotopic (exact) mass is 332 g/mol. The molecule has 0 heterocycles. The summed E-state index contributed by atoms with van der Waals surface area (Å²) in [6.07, 6.45) is 1.53. The summed E-state index contributed by atoms with van der Waals surface area (Å²) in [5.41, 5.74) is 1.88. The molecule has 2 aromatic carbocycles. The van der Waals surface area contributed by atoms with Crippen LogP contribution in [0.15, 0.2) is 58.5 Å². The zero-order valence-corrected chi connectivity index (χ0v) is 14.2. The maximum atomic E-state index is 12.2. The normalized spacial score (nSPS) is 11.8. The van der Waals surface area contributed by atoms with Crippen LogP contribution in [-0.4, -0.2) is 20.7 Å². The molecule has 2 rings (SSSR count). The maximum absolute atomic E-state index is 12.2. The highest BCUT2D eigenvalue weighted by molar-refractivity contribution is 7.89. The van der Waals surface area contributed by atoms with E-state index >= 15 is 0 Å². The summed E-state index contributed by atoms with van der Waals surface area (Å²) < 4.78 is 29.8. The van der Waals surface area contributed by atoms with Gasteiger partial charge in [-0.1, -0.05) is 24.3 Å². The first-order valence-corrected chi connectivity index (χ1v) is 8.74. The highest BCUT2D eigenvalue weighted by atomic mass is 32.2. The Morgan fingerprint density at radius 2 is 1.74 bits per heavy atom. The average Bonchev–Trinajstić information content (AvgIpc) is 2.49. The minimum absolute atomic E-state index is 0.0364. The van der Waals surface area contributed by atoms with E-state index in [0.29, 0.717) is 5.75 Å². The van der Waals surface area contributed by atoms with Crippen LogP contribution < -0.4 is 9.57 Å². The van der Waals surface area contributed by atoms with Crippen molar-refractivity contribution in [3.63, 3.8) is 0 Å². The fourth-order valence-electron chi connectivity index (χ4n) is 1.92. The zero-order valence-electron chi connectivity index (χ0n) is 13.4. The number of aryl methyl sites for hydroxylation is 1. The first-order chi connectivity index (χ1) is 10.9. The first-order valence-electron chi connectivity index (χ1n) is 7.26. The van der Waals surface area contributed by atoms with Crippen molar-refractivity contribution in [2.45, 2.75) is 31.8 Å². The predicted molar refractivity (Wildman–Crippen MR) is 91.3 cm³/mol. The van der Waals surface area contributed by atoms with E-state index in [1.807, 2.05) is 45.0 Å². The van der Waals surface area contributed by atoms with Crippen molar-refractivity contribution in [3.05, 3.63) is 59.7 Å². The van der Waals surface area contributed by atoms with Gasteiger partial charge in [-0.15, -0.1) is 0 Å². The average molecular weight is 332 g/mol. The lowest BCUT2D eigenvalue weighted by Crippen LogP contribution is -2.18. The molecule has 0 radical (unpaired) electrons. The molecular weight excluding hydrogens is 312 g/mol.